The van der Waals surface area contributed by atoms with Crippen molar-refractivity contribution in [2.45, 2.75) is 38.1 Å². The molecule has 152 valence electrons. The average Bonchev–Trinajstić information content (AvgIpc) is 3.05. The van der Waals surface area contributed by atoms with E-state index in [0.717, 1.165) is 15.3 Å². The summed E-state index contributed by atoms with van der Waals surface area (Å²) in [5.41, 5.74) is 2.66. The number of carbonyl (C=O) groups excluding carboxylic acids is 2. The van der Waals surface area contributed by atoms with Gasteiger partial charge in [-0.25, -0.2) is 4.79 Å². The lowest BCUT2D eigenvalue weighted by Gasteiger charge is -2.25. The molecule has 0 spiro atoms. The first-order valence-corrected chi connectivity index (χ1v) is 11.3. The molecule has 0 bridgehead atoms. The van der Waals surface area contributed by atoms with E-state index < -0.39 is 0 Å². The van der Waals surface area contributed by atoms with Gasteiger partial charge in [-0.05, 0) is 38.0 Å². The zero-order chi connectivity index (χ0) is 20.8. The van der Waals surface area contributed by atoms with Gasteiger partial charge >= 0.3 is 6.09 Å². The summed E-state index contributed by atoms with van der Waals surface area (Å²) in [6.07, 6.45) is 0.608. The zero-order valence-corrected chi connectivity index (χ0v) is 18.1. The lowest BCUT2D eigenvalue weighted by atomic mass is 10.0. The topological polar surface area (TPSA) is 82.4 Å². The average molecular weight is 430 g/mol. The highest BCUT2D eigenvalue weighted by molar-refractivity contribution is 7.99. The van der Waals surface area contributed by atoms with Crippen LogP contribution >= 0.6 is 23.1 Å². The smallest absolute Gasteiger partial charge is 0.410 e. The Bertz CT molecular complexity index is 932. The van der Waals surface area contributed by atoms with Gasteiger partial charge in [0.15, 0.2) is 0 Å². The van der Waals surface area contributed by atoms with Crippen LogP contribution in [0.4, 0.5) is 9.80 Å². The van der Waals surface area contributed by atoms with Crippen LogP contribution < -0.4 is 5.32 Å². The van der Waals surface area contributed by atoms with Crippen molar-refractivity contribution in [3.8, 4) is 6.07 Å². The fourth-order valence-corrected chi connectivity index (χ4v) is 5.15. The van der Waals surface area contributed by atoms with Gasteiger partial charge in [-0.15, -0.1) is 23.1 Å². The summed E-state index contributed by atoms with van der Waals surface area (Å²) in [5, 5.41) is 13.0. The normalized spacial score (nSPS) is 12.8. The molecule has 8 heteroatoms. The fourth-order valence-electron chi connectivity index (χ4n) is 3.07. The van der Waals surface area contributed by atoms with Crippen LogP contribution in [0.15, 0.2) is 29.2 Å². The monoisotopic (exact) mass is 429 g/mol. The van der Waals surface area contributed by atoms with E-state index in [2.05, 4.69) is 23.5 Å². The van der Waals surface area contributed by atoms with Gasteiger partial charge in [0.1, 0.15) is 11.1 Å². The van der Waals surface area contributed by atoms with Crippen LogP contribution in [0.3, 0.4) is 0 Å². The Labute approximate surface area is 178 Å². The highest BCUT2D eigenvalue weighted by Gasteiger charge is 2.28. The molecule has 1 aliphatic heterocycles. The summed E-state index contributed by atoms with van der Waals surface area (Å²) in [6, 6.07) is 10.4. The van der Waals surface area contributed by atoms with Crippen LogP contribution in [0.2, 0.25) is 0 Å². The Hall–Kier alpha value is -2.50. The molecule has 1 aromatic heterocycles. The number of fused-ring (bicyclic) bond motifs is 1. The van der Waals surface area contributed by atoms with E-state index in [0.29, 0.717) is 48.9 Å². The number of thioether (sulfide) groups is 1. The molecule has 0 fully saturated rings. The third kappa shape index (κ3) is 5.31. The van der Waals surface area contributed by atoms with Crippen LogP contribution in [0.5, 0.6) is 0 Å². The number of nitrogens with one attached hydrogen (secondary N) is 1. The quantitative estimate of drug-likeness (QED) is 0.681. The van der Waals surface area contributed by atoms with Crippen LogP contribution in [0.25, 0.3) is 0 Å². The number of carbonyl (C=O) groups is 2. The Morgan fingerprint density at radius 3 is 2.79 bits per heavy atom. The number of rotatable bonds is 6. The Morgan fingerprint density at radius 2 is 2.10 bits per heavy atom. The SMILES string of the molecule is CCOC(=O)N1CCc2c(sc(NC(=O)CCSc3ccc(C)cc3)c2C#N)C1. The van der Waals surface area contributed by atoms with E-state index >= 15 is 0 Å². The van der Waals surface area contributed by atoms with E-state index in [1.807, 2.05) is 19.1 Å². The first-order valence-electron chi connectivity index (χ1n) is 9.47. The lowest BCUT2D eigenvalue weighted by Crippen LogP contribution is -2.35. The second-order valence-corrected chi connectivity index (χ2v) is 8.92. The number of nitriles is 1. The Kier molecular flexibility index (Phi) is 7.18. The molecule has 0 atom stereocenters. The van der Waals surface area contributed by atoms with Crippen molar-refractivity contribution in [2.24, 2.45) is 0 Å². The molecule has 1 N–H and O–H groups in total. The maximum atomic E-state index is 12.4. The highest BCUT2D eigenvalue weighted by Crippen LogP contribution is 2.37. The van der Waals surface area contributed by atoms with Crippen LogP contribution in [0.1, 0.15) is 34.9 Å². The van der Waals surface area contributed by atoms with Gasteiger partial charge in [-0.2, -0.15) is 5.26 Å². The van der Waals surface area contributed by atoms with Gasteiger partial charge < -0.3 is 15.0 Å². The van der Waals surface area contributed by atoms with Crippen molar-refractivity contribution in [2.75, 3.05) is 24.2 Å². The molecule has 6 nitrogen and oxygen atoms in total. The summed E-state index contributed by atoms with van der Waals surface area (Å²) >= 11 is 3.01. The van der Waals surface area contributed by atoms with Crippen molar-refractivity contribution in [1.29, 1.82) is 5.26 Å². The van der Waals surface area contributed by atoms with Gasteiger partial charge in [-0.3, -0.25) is 4.79 Å². The van der Waals surface area contributed by atoms with Gasteiger partial charge in [0.25, 0.3) is 0 Å². The predicted molar refractivity (Wildman–Crippen MR) is 115 cm³/mol. The van der Waals surface area contributed by atoms with Crippen molar-refractivity contribution >= 4 is 40.1 Å². The standard InChI is InChI=1S/C21H23N3O3S2/c1-3-27-21(26)24-10-8-16-17(12-22)20(29-18(16)13-24)23-19(25)9-11-28-15-6-4-14(2)5-7-15/h4-7H,3,8-11,13H2,1-2H3,(H,23,25). The molecule has 1 aromatic carbocycles. The minimum atomic E-state index is -0.344. The minimum absolute atomic E-state index is 0.109. The van der Waals surface area contributed by atoms with E-state index in [9.17, 15) is 14.9 Å². The summed E-state index contributed by atoms with van der Waals surface area (Å²) in [5.74, 6) is 0.556. The summed E-state index contributed by atoms with van der Waals surface area (Å²) in [4.78, 5) is 28.1. The van der Waals surface area contributed by atoms with E-state index in [1.54, 1.807) is 23.6 Å². The second-order valence-electron chi connectivity index (χ2n) is 6.65. The van der Waals surface area contributed by atoms with Crippen LogP contribution in [0, 0.1) is 18.3 Å². The number of hydrogen-bond acceptors (Lipinski definition) is 6. The van der Waals surface area contributed by atoms with Crippen molar-refractivity contribution in [1.82, 2.24) is 4.90 Å². The van der Waals surface area contributed by atoms with Gasteiger partial charge in [0, 0.05) is 28.5 Å². The molecular formula is C21H23N3O3S2. The first-order chi connectivity index (χ1) is 14.0. The second kappa shape index (κ2) is 9.81. The van der Waals surface area contributed by atoms with Crippen LogP contribution in [-0.4, -0.2) is 35.8 Å². The lowest BCUT2D eigenvalue weighted by molar-refractivity contribution is -0.115. The number of thiophene rings is 1. The molecule has 2 amide bonds. The summed E-state index contributed by atoms with van der Waals surface area (Å²) in [6.45, 7) is 5.07. The van der Waals surface area contributed by atoms with Crippen molar-refractivity contribution in [3.63, 3.8) is 0 Å². The number of amides is 2. The predicted octanol–water partition coefficient (Wildman–Crippen LogP) is 4.56. The summed E-state index contributed by atoms with van der Waals surface area (Å²) < 4.78 is 5.07. The summed E-state index contributed by atoms with van der Waals surface area (Å²) in [7, 11) is 0. The molecule has 3 rings (SSSR count). The third-order valence-corrected chi connectivity index (χ3v) is 6.71. The van der Waals surface area contributed by atoms with Gasteiger partial charge in [0.05, 0.1) is 18.7 Å². The zero-order valence-electron chi connectivity index (χ0n) is 16.5. The first kappa shape index (κ1) is 21.2. The molecule has 0 unspecified atom stereocenters. The molecule has 0 aliphatic carbocycles. The van der Waals surface area contributed by atoms with Gasteiger partial charge in [-0.1, -0.05) is 17.7 Å². The van der Waals surface area contributed by atoms with E-state index in [-0.39, 0.29) is 12.0 Å². The number of nitrogens with zero attached hydrogens (tertiary/aromatic N) is 2. The molecule has 1 aliphatic rings. The van der Waals surface area contributed by atoms with E-state index in [1.165, 1.54) is 16.9 Å². The molecule has 0 saturated carbocycles. The minimum Gasteiger partial charge on any atom is -0.450 e. The number of benzene rings is 1. The third-order valence-electron chi connectivity index (χ3n) is 4.57. The molecule has 0 radical (unpaired) electrons. The fraction of sp³-hybridized carbons (Fsp3) is 0.381. The number of hydrogen-bond donors (Lipinski definition) is 1. The number of anilines is 1. The maximum absolute atomic E-state index is 12.4. The van der Waals surface area contributed by atoms with Gasteiger partial charge in [0.2, 0.25) is 5.91 Å². The van der Waals surface area contributed by atoms with Crippen LogP contribution in [-0.2, 0) is 22.5 Å². The highest BCUT2D eigenvalue weighted by atomic mass is 32.2. The molecular weight excluding hydrogens is 406 g/mol. The number of ether oxygens (including phenoxy) is 1. The molecule has 2 aromatic rings. The van der Waals surface area contributed by atoms with E-state index in [4.69, 9.17) is 4.74 Å². The largest absolute Gasteiger partial charge is 0.450 e. The molecule has 2 heterocycles. The van der Waals surface area contributed by atoms with Crippen molar-refractivity contribution < 1.29 is 14.3 Å². The maximum Gasteiger partial charge on any atom is 0.410 e. The molecule has 0 saturated heterocycles. The molecule has 29 heavy (non-hydrogen) atoms. The Morgan fingerprint density at radius 1 is 1.34 bits per heavy atom. The number of aryl methyl sites for hydroxylation is 1. The van der Waals surface area contributed by atoms with Crippen molar-refractivity contribution in [3.05, 3.63) is 45.8 Å². The Balaban J connectivity index is 1.59.